The third-order valence-corrected chi connectivity index (χ3v) is 4.83. The van der Waals surface area contributed by atoms with Crippen molar-refractivity contribution in [2.45, 2.75) is 39.5 Å². The summed E-state index contributed by atoms with van der Waals surface area (Å²) in [4.78, 5) is 27.0. The molecule has 1 amide bonds. The van der Waals surface area contributed by atoms with E-state index in [0.29, 0.717) is 29.7 Å². The summed E-state index contributed by atoms with van der Waals surface area (Å²) >= 11 is 3.41. The highest BCUT2D eigenvalue weighted by Gasteiger charge is 2.18. The number of ether oxygens (including phenoxy) is 1. The number of hydrogen-bond acceptors (Lipinski definition) is 6. The van der Waals surface area contributed by atoms with Crippen LogP contribution in [0.4, 0.5) is 16.2 Å². The molecule has 2 aromatic carbocycles. The molecule has 31 heavy (non-hydrogen) atoms. The van der Waals surface area contributed by atoms with Crippen molar-refractivity contribution in [2.75, 3.05) is 5.32 Å². The Morgan fingerprint density at radius 2 is 1.77 bits per heavy atom. The fourth-order valence-electron chi connectivity index (χ4n) is 2.93. The van der Waals surface area contributed by atoms with E-state index < -0.39 is 16.6 Å². The van der Waals surface area contributed by atoms with Gasteiger partial charge in [-0.3, -0.25) is 10.1 Å². The first-order chi connectivity index (χ1) is 14.6. The number of halogens is 1. The molecule has 0 unspecified atom stereocenters. The number of hydrogen-bond donors (Lipinski definition) is 2. The quantitative estimate of drug-likeness (QED) is 0.349. The van der Waals surface area contributed by atoms with Gasteiger partial charge in [0.05, 0.1) is 10.4 Å². The minimum atomic E-state index is -0.547. The molecule has 0 saturated carbocycles. The Hall–Kier alpha value is -3.20. The molecule has 0 bridgehead atoms. The first-order valence-electron chi connectivity index (χ1n) is 9.63. The molecule has 162 valence electrons. The van der Waals surface area contributed by atoms with Crippen LogP contribution in [0.2, 0.25) is 0 Å². The normalized spacial score (nSPS) is 11.2. The minimum absolute atomic E-state index is 0.0798. The van der Waals surface area contributed by atoms with Crippen LogP contribution >= 0.6 is 15.9 Å². The van der Waals surface area contributed by atoms with Crippen LogP contribution in [-0.4, -0.2) is 21.6 Å². The number of pyridine rings is 1. The molecule has 9 heteroatoms. The Bertz CT molecular complexity index is 1110. The zero-order valence-electron chi connectivity index (χ0n) is 17.4. The van der Waals surface area contributed by atoms with Crippen LogP contribution < -0.4 is 10.6 Å². The SMILES string of the molecule is CC(C)(C)OC(=O)NCc1ccc(CNc2c([N+](=O)[O-])cnc3ccc(Br)cc23)cc1. The summed E-state index contributed by atoms with van der Waals surface area (Å²) in [7, 11) is 0. The molecule has 1 heterocycles. The molecule has 3 rings (SSSR count). The predicted molar refractivity (Wildman–Crippen MR) is 123 cm³/mol. The molecule has 0 atom stereocenters. The van der Waals surface area contributed by atoms with Gasteiger partial charge in [-0.25, -0.2) is 9.78 Å². The van der Waals surface area contributed by atoms with Crippen LogP contribution in [0.1, 0.15) is 31.9 Å². The van der Waals surface area contributed by atoms with E-state index >= 15 is 0 Å². The first kappa shape index (κ1) is 22.5. The molecule has 0 aliphatic rings. The highest BCUT2D eigenvalue weighted by Crippen LogP contribution is 2.33. The number of aromatic nitrogens is 1. The Morgan fingerprint density at radius 1 is 1.13 bits per heavy atom. The van der Waals surface area contributed by atoms with E-state index in [1.165, 1.54) is 6.20 Å². The Balaban J connectivity index is 1.70. The third-order valence-electron chi connectivity index (χ3n) is 4.33. The summed E-state index contributed by atoms with van der Waals surface area (Å²) < 4.78 is 6.03. The zero-order chi connectivity index (χ0) is 22.6. The maximum atomic E-state index is 11.8. The lowest BCUT2D eigenvalue weighted by Crippen LogP contribution is -2.32. The number of carbonyl (C=O) groups is 1. The van der Waals surface area contributed by atoms with Crippen molar-refractivity contribution >= 4 is 44.3 Å². The van der Waals surface area contributed by atoms with Gasteiger partial charge in [-0.05, 0) is 50.1 Å². The fraction of sp³-hybridized carbons (Fsp3) is 0.273. The number of nitrogens with one attached hydrogen (secondary N) is 2. The van der Waals surface area contributed by atoms with Gasteiger partial charge in [0.15, 0.2) is 0 Å². The molecule has 0 fully saturated rings. The van der Waals surface area contributed by atoms with Gasteiger partial charge in [-0.2, -0.15) is 0 Å². The molecule has 8 nitrogen and oxygen atoms in total. The van der Waals surface area contributed by atoms with Crippen molar-refractivity contribution in [2.24, 2.45) is 0 Å². The summed E-state index contributed by atoms with van der Waals surface area (Å²) in [5, 5.41) is 18.1. The lowest BCUT2D eigenvalue weighted by molar-refractivity contribution is -0.384. The van der Waals surface area contributed by atoms with Crippen LogP contribution in [-0.2, 0) is 17.8 Å². The van der Waals surface area contributed by atoms with E-state index in [2.05, 4.69) is 31.5 Å². The van der Waals surface area contributed by atoms with Gasteiger partial charge in [-0.15, -0.1) is 0 Å². The van der Waals surface area contributed by atoms with Crippen molar-refractivity contribution < 1.29 is 14.5 Å². The van der Waals surface area contributed by atoms with E-state index in [0.717, 1.165) is 15.6 Å². The second-order valence-electron chi connectivity index (χ2n) is 7.96. The number of benzene rings is 2. The number of nitro groups is 1. The topological polar surface area (TPSA) is 106 Å². The number of nitrogens with zero attached hydrogens (tertiary/aromatic N) is 2. The Kier molecular flexibility index (Phi) is 6.74. The number of rotatable bonds is 6. The van der Waals surface area contributed by atoms with Crippen molar-refractivity contribution in [3.8, 4) is 0 Å². The molecule has 0 aliphatic carbocycles. The number of carbonyl (C=O) groups excluding carboxylic acids is 1. The molecular formula is C22H23BrN4O4. The number of anilines is 1. The van der Waals surface area contributed by atoms with Crippen molar-refractivity contribution in [1.82, 2.24) is 10.3 Å². The fourth-order valence-corrected chi connectivity index (χ4v) is 3.29. The van der Waals surface area contributed by atoms with E-state index in [4.69, 9.17) is 4.74 Å². The van der Waals surface area contributed by atoms with Gasteiger partial charge in [0.25, 0.3) is 0 Å². The standard InChI is InChI=1S/C22H23BrN4O4/c1-22(2,3)31-21(28)26-12-15-6-4-14(5-7-15)11-25-20-17-10-16(23)8-9-18(17)24-13-19(20)27(29)30/h4-10,13H,11-12H2,1-3H3,(H,24,25)(H,26,28). The monoisotopic (exact) mass is 486 g/mol. The highest BCUT2D eigenvalue weighted by molar-refractivity contribution is 9.10. The molecule has 0 saturated heterocycles. The maximum absolute atomic E-state index is 11.8. The van der Waals surface area contributed by atoms with E-state index in [9.17, 15) is 14.9 Å². The first-order valence-corrected chi connectivity index (χ1v) is 10.4. The van der Waals surface area contributed by atoms with Crippen LogP contribution in [0.3, 0.4) is 0 Å². The minimum Gasteiger partial charge on any atom is -0.444 e. The molecule has 0 radical (unpaired) electrons. The second-order valence-corrected chi connectivity index (χ2v) is 8.88. The van der Waals surface area contributed by atoms with Gasteiger partial charge >= 0.3 is 11.8 Å². The molecule has 0 aliphatic heterocycles. The maximum Gasteiger partial charge on any atom is 0.407 e. The summed E-state index contributed by atoms with van der Waals surface area (Å²) in [5.41, 5.74) is 2.32. The Labute approximate surface area is 188 Å². The van der Waals surface area contributed by atoms with Crippen molar-refractivity contribution in [3.05, 3.63) is 74.4 Å². The van der Waals surface area contributed by atoms with Gasteiger partial charge in [0.1, 0.15) is 17.5 Å². The molecule has 3 aromatic rings. The van der Waals surface area contributed by atoms with Crippen molar-refractivity contribution in [1.29, 1.82) is 0 Å². The van der Waals surface area contributed by atoms with E-state index in [1.54, 1.807) is 6.07 Å². The van der Waals surface area contributed by atoms with Gasteiger partial charge in [0, 0.05) is 22.9 Å². The van der Waals surface area contributed by atoms with Gasteiger partial charge < -0.3 is 15.4 Å². The summed E-state index contributed by atoms with van der Waals surface area (Å²) in [6, 6.07) is 13.1. The van der Waals surface area contributed by atoms with Crippen LogP contribution in [0.15, 0.2) is 53.1 Å². The number of amides is 1. The summed E-state index contributed by atoms with van der Waals surface area (Å²) in [6.07, 6.45) is 0.797. The number of fused-ring (bicyclic) bond motifs is 1. The second kappa shape index (κ2) is 9.30. The largest absolute Gasteiger partial charge is 0.444 e. The molecular weight excluding hydrogens is 464 g/mol. The Morgan fingerprint density at radius 3 is 2.39 bits per heavy atom. The number of alkyl carbamates (subject to hydrolysis) is 1. The highest BCUT2D eigenvalue weighted by atomic mass is 79.9. The lowest BCUT2D eigenvalue weighted by Gasteiger charge is -2.19. The lowest BCUT2D eigenvalue weighted by atomic mass is 10.1. The molecule has 0 spiro atoms. The van der Waals surface area contributed by atoms with Gasteiger partial charge in [-0.1, -0.05) is 40.2 Å². The average molecular weight is 487 g/mol. The third kappa shape index (κ3) is 6.14. The van der Waals surface area contributed by atoms with Crippen LogP contribution in [0.5, 0.6) is 0 Å². The van der Waals surface area contributed by atoms with Crippen LogP contribution in [0.25, 0.3) is 10.9 Å². The van der Waals surface area contributed by atoms with E-state index in [-0.39, 0.29) is 5.69 Å². The predicted octanol–water partition coefficient (Wildman–Crippen LogP) is 5.54. The van der Waals surface area contributed by atoms with E-state index in [1.807, 2.05) is 57.2 Å². The van der Waals surface area contributed by atoms with Crippen molar-refractivity contribution in [3.63, 3.8) is 0 Å². The smallest absolute Gasteiger partial charge is 0.407 e. The summed E-state index contributed by atoms with van der Waals surface area (Å²) in [5.74, 6) is 0. The molecule has 1 aromatic heterocycles. The van der Waals surface area contributed by atoms with Crippen LogP contribution in [0, 0.1) is 10.1 Å². The average Bonchev–Trinajstić information content (AvgIpc) is 2.69. The summed E-state index contributed by atoms with van der Waals surface area (Å²) in [6.45, 7) is 6.17. The zero-order valence-corrected chi connectivity index (χ0v) is 19.0. The van der Waals surface area contributed by atoms with Gasteiger partial charge in [0.2, 0.25) is 0 Å². The molecule has 2 N–H and O–H groups in total.